The second-order valence-electron chi connectivity index (χ2n) is 3.01. The van der Waals surface area contributed by atoms with Crippen molar-refractivity contribution in [2.75, 3.05) is 0 Å². The van der Waals surface area contributed by atoms with Crippen LogP contribution in [0.25, 0.3) is 0 Å². The summed E-state index contributed by atoms with van der Waals surface area (Å²) < 4.78 is 0. The van der Waals surface area contributed by atoms with Gasteiger partial charge < -0.3 is 0 Å². The van der Waals surface area contributed by atoms with Crippen molar-refractivity contribution in [2.24, 2.45) is 5.41 Å². The molecule has 44 valence electrons. The van der Waals surface area contributed by atoms with E-state index in [1.165, 1.54) is 19.3 Å². The monoisotopic (exact) mass is 108 g/mol. The van der Waals surface area contributed by atoms with Gasteiger partial charge >= 0.3 is 0 Å². The van der Waals surface area contributed by atoms with Gasteiger partial charge in [-0.05, 0) is 24.7 Å². The quantitative estimate of drug-likeness (QED) is 0.476. The highest BCUT2D eigenvalue weighted by Crippen LogP contribution is 2.48. The van der Waals surface area contributed by atoms with Crippen molar-refractivity contribution in [3.8, 4) is 12.3 Å². The standard InChI is InChI=1S/C8H12/c1-3-4-5-8(2)6-7-8/h1H,4-7H2,2H3. The van der Waals surface area contributed by atoms with E-state index in [1.807, 2.05) is 0 Å². The van der Waals surface area contributed by atoms with E-state index in [2.05, 4.69) is 12.8 Å². The van der Waals surface area contributed by atoms with Crippen LogP contribution < -0.4 is 0 Å². The Morgan fingerprint density at radius 3 is 2.62 bits per heavy atom. The molecule has 0 aliphatic heterocycles. The Labute approximate surface area is 51.3 Å². The number of rotatable bonds is 2. The molecule has 0 spiro atoms. The van der Waals surface area contributed by atoms with Crippen LogP contribution >= 0.6 is 0 Å². The Hall–Kier alpha value is -0.440. The van der Waals surface area contributed by atoms with Crippen molar-refractivity contribution in [1.82, 2.24) is 0 Å². The normalized spacial score (nSPS) is 22.0. The molecule has 0 atom stereocenters. The molecule has 8 heavy (non-hydrogen) atoms. The highest BCUT2D eigenvalue weighted by atomic mass is 14.4. The lowest BCUT2D eigenvalue weighted by atomic mass is 10.0. The molecule has 0 N–H and O–H groups in total. The Morgan fingerprint density at radius 1 is 1.62 bits per heavy atom. The van der Waals surface area contributed by atoms with Crippen molar-refractivity contribution in [3.63, 3.8) is 0 Å². The van der Waals surface area contributed by atoms with Gasteiger partial charge in [0.15, 0.2) is 0 Å². The summed E-state index contributed by atoms with van der Waals surface area (Å²) in [7, 11) is 0. The summed E-state index contributed by atoms with van der Waals surface area (Å²) in [5.41, 5.74) is 0.659. The zero-order chi connectivity index (χ0) is 6.04. The third kappa shape index (κ3) is 1.26. The van der Waals surface area contributed by atoms with Gasteiger partial charge in [-0.15, -0.1) is 12.3 Å². The predicted octanol–water partition coefficient (Wildman–Crippen LogP) is 2.20. The highest BCUT2D eigenvalue weighted by Gasteiger charge is 2.35. The fourth-order valence-corrected chi connectivity index (χ4v) is 0.837. The molecule has 1 fully saturated rings. The van der Waals surface area contributed by atoms with Crippen LogP contribution in [0.4, 0.5) is 0 Å². The lowest BCUT2D eigenvalue weighted by molar-refractivity contribution is 0.529. The minimum absolute atomic E-state index is 0.659. The van der Waals surface area contributed by atoms with Crippen molar-refractivity contribution < 1.29 is 0 Å². The molecule has 0 bridgehead atoms. The first kappa shape index (κ1) is 5.69. The van der Waals surface area contributed by atoms with Gasteiger partial charge in [0.1, 0.15) is 0 Å². The van der Waals surface area contributed by atoms with E-state index < -0.39 is 0 Å². The largest absolute Gasteiger partial charge is 0.120 e. The van der Waals surface area contributed by atoms with Crippen molar-refractivity contribution in [2.45, 2.75) is 32.6 Å². The van der Waals surface area contributed by atoms with Crippen molar-refractivity contribution >= 4 is 0 Å². The van der Waals surface area contributed by atoms with Crippen LogP contribution in [-0.2, 0) is 0 Å². The first-order chi connectivity index (χ1) is 3.77. The van der Waals surface area contributed by atoms with Gasteiger partial charge in [-0.25, -0.2) is 0 Å². The molecule has 1 aliphatic carbocycles. The molecule has 0 unspecified atom stereocenters. The van der Waals surface area contributed by atoms with E-state index >= 15 is 0 Å². The number of hydrogen-bond acceptors (Lipinski definition) is 0. The molecule has 0 saturated heterocycles. The Kier molecular flexibility index (Phi) is 1.29. The molecule has 0 heteroatoms. The molecule has 0 amide bonds. The van der Waals surface area contributed by atoms with Crippen LogP contribution in [0, 0.1) is 17.8 Å². The van der Waals surface area contributed by atoms with Gasteiger partial charge in [0, 0.05) is 6.42 Å². The lowest BCUT2D eigenvalue weighted by Gasteiger charge is -2.01. The summed E-state index contributed by atoms with van der Waals surface area (Å²) in [6.45, 7) is 2.31. The van der Waals surface area contributed by atoms with Gasteiger partial charge in [0.2, 0.25) is 0 Å². The lowest BCUT2D eigenvalue weighted by Crippen LogP contribution is -1.89. The van der Waals surface area contributed by atoms with Crippen LogP contribution in [0.2, 0.25) is 0 Å². The zero-order valence-corrected chi connectivity index (χ0v) is 5.41. The minimum Gasteiger partial charge on any atom is -0.120 e. The minimum atomic E-state index is 0.659. The van der Waals surface area contributed by atoms with Gasteiger partial charge in [-0.1, -0.05) is 6.92 Å². The first-order valence-corrected chi connectivity index (χ1v) is 3.20. The molecule has 1 aliphatic rings. The molecule has 0 aromatic rings. The van der Waals surface area contributed by atoms with E-state index in [0.717, 1.165) is 6.42 Å². The second kappa shape index (κ2) is 1.82. The summed E-state index contributed by atoms with van der Waals surface area (Å²) in [5.74, 6) is 2.66. The summed E-state index contributed by atoms with van der Waals surface area (Å²) in [4.78, 5) is 0. The summed E-state index contributed by atoms with van der Waals surface area (Å²) in [6, 6.07) is 0. The van der Waals surface area contributed by atoms with Crippen LogP contribution in [0.15, 0.2) is 0 Å². The van der Waals surface area contributed by atoms with Crippen LogP contribution in [0.1, 0.15) is 32.6 Å². The fourth-order valence-electron chi connectivity index (χ4n) is 0.837. The molecule has 0 heterocycles. The molecular formula is C8H12. The molecule has 1 saturated carbocycles. The third-order valence-corrected chi connectivity index (χ3v) is 1.98. The third-order valence-electron chi connectivity index (χ3n) is 1.98. The van der Waals surface area contributed by atoms with Crippen molar-refractivity contribution in [1.29, 1.82) is 0 Å². The van der Waals surface area contributed by atoms with Gasteiger partial charge in [0.25, 0.3) is 0 Å². The molecule has 0 nitrogen and oxygen atoms in total. The SMILES string of the molecule is C#CCCC1(C)CC1. The molecule has 0 aromatic carbocycles. The fraction of sp³-hybridized carbons (Fsp3) is 0.750. The number of hydrogen-bond donors (Lipinski definition) is 0. The Morgan fingerprint density at radius 2 is 2.25 bits per heavy atom. The maximum absolute atomic E-state index is 5.11. The molecule has 1 rings (SSSR count). The Balaban J connectivity index is 2.12. The zero-order valence-electron chi connectivity index (χ0n) is 5.41. The maximum atomic E-state index is 5.11. The van der Waals surface area contributed by atoms with E-state index in [4.69, 9.17) is 6.42 Å². The summed E-state index contributed by atoms with van der Waals surface area (Å²) >= 11 is 0. The predicted molar refractivity (Wildman–Crippen MR) is 35.4 cm³/mol. The van der Waals surface area contributed by atoms with E-state index in [1.54, 1.807) is 0 Å². The van der Waals surface area contributed by atoms with Crippen LogP contribution in [-0.4, -0.2) is 0 Å². The maximum Gasteiger partial charge on any atom is 0.00912 e. The van der Waals surface area contributed by atoms with Crippen LogP contribution in [0.3, 0.4) is 0 Å². The molecule has 0 aromatic heterocycles. The van der Waals surface area contributed by atoms with E-state index in [-0.39, 0.29) is 0 Å². The average Bonchev–Trinajstić information content (AvgIpc) is 2.45. The van der Waals surface area contributed by atoms with Crippen molar-refractivity contribution in [3.05, 3.63) is 0 Å². The van der Waals surface area contributed by atoms with Gasteiger partial charge in [0.05, 0.1) is 0 Å². The topological polar surface area (TPSA) is 0 Å². The molecule has 0 radical (unpaired) electrons. The summed E-state index contributed by atoms with van der Waals surface area (Å²) in [5, 5.41) is 0. The Bertz CT molecular complexity index is 112. The molecular weight excluding hydrogens is 96.1 g/mol. The first-order valence-electron chi connectivity index (χ1n) is 3.20. The summed E-state index contributed by atoms with van der Waals surface area (Å²) in [6.07, 6.45) is 10.1. The van der Waals surface area contributed by atoms with E-state index in [9.17, 15) is 0 Å². The second-order valence-corrected chi connectivity index (χ2v) is 3.01. The smallest absolute Gasteiger partial charge is 0.00912 e. The van der Waals surface area contributed by atoms with Gasteiger partial charge in [-0.2, -0.15) is 0 Å². The van der Waals surface area contributed by atoms with Gasteiger partial charge in [-0.3, -0.25) is 0 Å². The van der Waals surface area contributed by atoms with Crippen LogP contribution in [0.5, 0.6) is 0 Å². The average molecular weight is 108 g/mol. The number of terminal acetylenes is 1. The highest BCUT2D eigenvalue weighted by molar-refractivity contribution is 4.93. The van der Waals surface area contributed by atoms with E-state index in [0.29, 0.717) is 5.41 Å².